The Kier molecular flexibility index (Phi) is 4.97. The third-order valence-electron chi connectivity index (χ3n) is 1.72. The van der Waals surface area contributed by atoms with Crippen molar-refractivity contribution in [2.24, 2.45) is 0 Å². The van der Waals surface area contributed by atoms with Gasteiger partial charge in [-0.05, 0) is 12.8 Å². The average molecular weight is 219 g/mol. The summed E-state index contributed by atoms with van der Waals surface area (Å²) in [7, 11) is 0. The fraction of sp³-hybridized carbons (Fsp3) is 0.778. The summed E-state index contributed by atoms with van der Waals surface area (Å²) in [5, 5.41) is 11.2. The molecule has 0 aromatic rings. The van der Waals surface area contributed by atoms with Crippen LogP contribution in [0.3, 0.4) is 0 Å². The Bertz CT molecular complexity index is 223. The molecule has 82 valence electrons. The Balaban J connectivity index is 4.11. The lowest BCUT2D eigenvalue weighted by atomic mass is 10.0. The highest BCUT2D eigenvalue weighted by Gasteiger charge is 2.21. The van der Waals surface area contributed by atoms with E-state index in [1.807, 2.05) is 13.8 Å². The molecule has 4 nitrogen and oxygen atoms in total. The van der Waals surface area contributed by atoms with Crippen molar-refractivity contribution in [1.82, 2.24) is 5.32 Å². The molecule has 0 aromatic carbocycles. The normalized spacial score (nSPS) is 13.4. The van der Waals surface area contributed by atoms with E-state index in [2.05, 4.69) is 17.9 Å². The maximum atomic E-state index is 10.7. The molecule has 0 saturated carbocycles. The Morgan fingerprint density at radius 1 is 1.50 bits per heavy atom. The molecule has 0 spiro atoms. The van der Waals surface area contributed by atoms with Crippen LogP contribution >= 0.6 is 12.6 Å². The Labute approximate surface area is 89.5 Å². The van der Waals surface area contributed by atoms with E-state index in [0.29, 0.717) is 12.8 Å². The van der Waals surface area contributed by atoms with Crippen LogP contribution in [0.4, 0.5) is 0 Å². The molecular formula is C9H17NO3S. The fourth-order valence-electron chi connectivity index (χ4n) is 1.00. The van der Waals surface area contributed by atoms with E-state index in [4.69, 9.17) is 5.11 Å². The summed E-state index contributed by atoms with van der Waals surface area (Å²) in [4.78, 5) is 21.4. The summed E-state index contributed by atoms with van der Waals surface area (Å²) in [5.41, 5.74) is 0. The Morgan fingerprint density at radius 2 is 2.00 bits per heavy atom. The molecule has 5 heteroatoms. The highest BCUT2D eigenvalue weighted by molar-refractivity contribution is 7.81. The topological polar surface area (TPSA) is 66.4 Å². The SMILES string of the molecule is CC(=O)NC(CCC(C)(C)S)C(=O)O. The van der Waals surface area contributed by atoms with Crippen molar-refractivity contribution < 1.29 is 14.7 Å². The first-order chi connectivity index (χ1) is 6.22. The van der Waals surface area contributed by atoms with Gasteiger partial charge in [0.1, 0.15) is 6.04 Å². The van der Waals surface area contributed by atoms with Gasteiger partial charge in [0.05, 0.1) is 0 Å². The lowest BCUT2D eigenvalue weighted by Gasteiger charge is -2.20. The highest BCUT2D eigenvalue weighted by Crippen LogP contribution is 2.19. The number of carbonyl (C=O) groups is 2. The highest BCUT2D eigenvalue weighted by atomic mass is 32.1. The zero-order valence-electron chi connectivity index (χ0n) is 8.70. The largest absolute Gasteiger partial charge is 0.480 e. The smallest absolute Gasteiger partial charge is 0.326 e. The summed E-state index contributed by atoms with van der Waals surface area (Å²) in [5.74, 6) is -1.33. The third kappa shape index (κ3) is 6.77. The predicted octanol–water partition coefficient (Wildman–Crippen LogP) is 1.06. The van der Waals surface area contributed by atoms with E-state index < -0.39 is 12.0 Å². The number of aliphatic carboxylic acids is 1. The van der Waals surface area contributed by atoms with Gasteiger partial charge in [-0.15, -0.1) is 0 Å². The molecule has 0 aromatic heterocycles. The molecule has 14 heavy (non-hydrogen) atoms. The number of rotatable bonds is 5. The van der Waals surface area contributed by atoms with Crippen LogP contribution in [0.5, 0.6) is 0 Å². The van der Waals surface area contributed by atoms with Gasteiger partial charge in [0.2, 0.25) is 5.91 Å². The van der Waals surface area contributed by atoms with Crippen LogP contribution in [-0.4, -0.2) is 27.8 Å². The van der Waals surface area contributed by atoms with Crippen LogP contribution in [0.1, 0.15) is 33.6 Å². The van der Waals surface area contributed by atoms with Gasteiger partial charge in [-0.1, -0.05) is 13.8 Å². The fourth-order valence-corrected chi connectivity index (χ4v) is 1.13. The number of carbonyl (C=O) groups excluding carboxylic acids is 1. The van der Waals surface area contributed by atoms with E-state index in [-0.39, 0.29) is 10.7 Å². The molecule has 0 aliphatic carbocycles. The van der Waals surface area contributed by atoms with E-state index in [1.54, 1.807) is 0 Å². The van der Waals surface area contributed by atoms with Crippen LogP contribution < -0.4 is 5.32 Å². The molecule has 0 bridgehead atoms. The lowest BCUT2D eigenvalue weighted by Crippen LogP contribution is -2.40. The summed E-state index contributed by atoms with van der Waals surface area (Å²) in [6, 6.07) is -0.807. The number of amides is 1. The van der Waals surface area contributed by atoms with Gasteiger partial charge in [-0.3, -0.25) is 4.79 Å². The molecule has 2 N–H and O–H groups in total. The summed E-state index contributed by atoms with van der Waals surface area (Å²) >= 11 is 4.28. The van der Waals surface area contributed by atoms with Crippen LogP contribution in [0.15, 0.2) is 0 Å². The number of thiol groups is 1. The summed E-state index contributed by atoms with van der Waals surface area (Å²) in [6.07, 6.45) is 1.03. The molecular weight excluding hydrogens is 202 g/mol. The van der Waals surface area contributed by atoms with Crippen molar-refractivity contribution in [3.05, 3.63) is 0 Å². The van der Waals surface area contributed by atoms with Crippen molar-refractivity contribution in [1.29, 1.82) is 0 Å². The third-order valence-corrected chi connectivity index (χ3v) is 1.94. The number of hydrogen-bond acceptors (Lipinski definition) is 3. The van der Waals surface area contributed by atoms with Crippen molar-refractivity contribution in [3.8, 4) is 0 Å². The van der Waals surface area contributed by atoms with Gasteiger partial charge in [0, 0.05) is 11.7 Å². The molecule has 1 atom stereocenters. The average Bonchev–Trinajstić information content (AvgIpc) is 1.94. The van der Waals surface area contributed by atoms with Crippen LogP contribution in [0.25, 0.3) is 0 Å². The molecule has 0 radical (unpaired) electrons. The van der Waals surface area contributed by atoms with Crippen molar-refractivity contribution in [3.63, 3.8) is 0 Å². The van der Waals surface area contributed by atoms with E-state index in [0.717, 1.165) is 0 Å². The maximum Gasteiger partial charge on any atom is 0.326 e. The second kappa shape index (κ2) is 5.24. The number of hydrogen-bond donors (Lipinski definition) is 3. The van der Waals surface area contributed by atoms with Gasteiger partial charge in [-0.2, -0.15) is 12.6 Å². The molecule has 0 aliphatic heterocycles. The van der Waals surface area contributed by atoms with Crippen molar-refractivity contribution in [2.45, 2.75) is 44.4 Å². The second-order valence-corrected chi connectivity index (χ2v) is 5.15. The minimum atomic E-state index is -1.00. The molecule has 0 saturated heterocycles. The monoisotopic (exact) mass is 219 g/mol. The first-order valence-electron chi connectivity index (χ1n) is 4.44. The number of nitrogens with one attached hydrogen (secondary N) is 1. The van der Waals surface area contributed by atoms with Crippen LogP contribution in [-0.2, 0) is 9.59 Å². The minimum Gasteiger partial charge on any atom is -0.480 e. The van der Waals surface area contributed by atoms with Gasteiger partial charge >= 0.3 is 5.97 Å². The molecule has 1 unspecified atom stereocenters. The quantitative estimate of drug-likeness (QED) is 0.606. The Morgan fingerprint density at radius 3 is 2.29 bits per heavy atom. The molecule has 0 heterocycles. The van der Waals surface area contributed by atoms with Gasteiger partial charge in [0.25, 0.3) is 0 Å². The first kappa shape index (κ1) is 13.3. The second-order valence-electron chi connectivity index (χ2n) is 3.94. The van der Waals surface area contributed by atoms with E-state index >= 15 is 0 Å². The van der Waals surface area contributed by atoms with Gasteiger partial charge < -0.3 is 10.4 Å². The maximum absolute atomic E-state index is 10.7. The lowest BCUT2D eigenvalue weighted by molar-refractivity contribution is -0.141. The number of carboxylic acid groups (broad SMARTS) is 1. The van der Waals surface area contributed by atoms with Crippen molar-refractivity contribution >= 4 is 24.5 Å². The predicted molar refractivity (Wildman–Crippen MR) is 57.5 cm³/mol. The Hall–Kier alpha value is -0.710. The molecule has 0 fully saturated rings. The number of carboxylic acids is 1. The van der Waals surface area contributed by atoms with Crippen molar-refractivity contribution in [2.75, 3.05) is 0 Å². The minimum absolute atomic E-state index is 0.216. The molecule has 0 rings (SSSR count). The molecule has 0 aliphatic rings. The molecule has 1 amide bonds. The van der Waals surface area contributed by atoms with Gasteiger partial charge in [0.15, 0.2) is 0 Å². The van der Waals surface area contributed by atoms with E-state index in [1.165, 1.54) is 6.92 Å². The zero-order chi connectivity index (χ0) is 11.4. The zero-order valence-corrected chi connectivity index (χ0v) is 9.60. The van der Waals surface area contributed by atoms with Crippen LogP contribution in [0, 0.1) is 0 Å². The van der Waals surface area contributed by atoms with Crippen LogP contribution in [0.2, 0.25) is 0 Å². The first-order valence-corrected chi connectivity index (χ1v) is 4.89. The standard InChI is InChI=1S/C9H17NO3S/c1-6(11)10-7(8(12)13)4-5-9(2,3)14/h7,14H,4-5H2,1-3H3,(H,10,11)(H,12,13). The summed E-state index contributed by atoms with van der Waals surface area (Å²) < 4.78 is -0.216. The van der Waals surface area contributed by atoms with E-state index in [9.17, 15) is 9.59 Å². The van der Waals surface area contributed by atoms with Gasteiger partial charge in [-0.25, -0.2) is 4.79 Å². The summed E-state index contributed by atoms with van der Waals surface area (Å²) in [6.45, 7) is 5.12.